The summed E-state index contributed by atoms with van der Waals surface area (Å²) in [5.41, 5.74) is 0.999. The molecule has 6 heteroatoms. The van der Waals surface area contributed by atoms with Gasteiger partial charge in [-0.25, -0.2) is 9.97 Å². The molecule has 0 saturated heterocycles. The fourth-order valence-electron chi connectivity index (χ4n) is 1.40. The van der Waals surface area contributed by atoms with Crippen molar-refractivity contribution in [2.75, 3.05) is 0 Å². The van der Waals surface area contributed by atoms with Gasteiger partial charge in [-0.05, 0) is 35.0 Å². The third kappa shape index (κ3) is 3.74. The van der Waals surface area contributed by atoms with Crippen molar-refractivity contribution in [3.05, 3.63) is 43.5 Å². The summed E-state index contributed by atoms with van der Waals surface area (Å²) in [6, 6.07) is 3.95. The molecule has 2 heterocycles. The normalized spacial score (nSPS) is 10.8. The van der Waals surface area contributed by atoms with E-state index in [1.54, 1.807) is 17.5 Å². The van der Waals surface area contributed by atoms with Gasteiger partial charge in [0.1, 0.15) is 10.2 Å². The third-order valence-electron chi connectivity index (χ3n) is 2.14. The zero-order valence-electron chi connectivity index (χ0n) is 9.20. The molecule has 2 aromatic rings. The van der Waals surface area contributed by atoms with E-state index >= 15 is 0 Å². The molecule has 0 aromatic carbocycles. The second kappa shape index (κ2) is 5.91. The van der Waals surface area contributed by atoms with Crippen LogP contribution in [-0.4, -0.2) is 9.97 Å². The number of nitrogens with zero attached hydrogens (tertiary/aromatic N) is 2. The Kier molecular flexibility index (Phi) is 4.50. The number of hydrogen-bond acceptors (Lipinski definition) is 4. The maximum Gasteiger partial charge on any atom is 0.125 e. The Labute approximate surface area is 117 Å². The van der Waals surface area contributed by atoms with Gasteiger partial charge in [0, 0.05) is 28.6 Å². The zero-order chi connectivity index (χ0) is 12.3. The number of aromatic nitrogens is 2. The van der Waals surface area contributed by atoms with Crippen molar-refractivity contribution in [1.82, 2.24) is 15.3 Å². The lowest BCUT2D eigenvalue weighted by atomic mass is 10.4. The number of rotatable bonds is 4. The molecule has 2 aromatic heterocycles. The van der Waals surface area contributed by atoms with Crippen LogP contribution in [0.3, 0.4) is 0 Å². The minimum atomic E-state index is 0.733. The van der Waals surface area contributed by atoms with Gasteiger partial charge in [-0.15, -0.1) is 11.3 Å². The summed E-state index contributed by atoms with van der Waals surface area (Å²) in [6.45, 7) is 3.41. The van der Waals surface area contributed by atoms with Crippen LogP contribution in [-0.2, 0) is 13.1 Å². The van der Waals surface area contributed by atoms with Gasteiger partial charge in [-0.3, -0.25) is 0 Å². The van der Waals surface area contributed by atoms with Gasteiger partial charge < -0.3 is 5.32 Å². The van der Waals surface area contributed by atoms with Gasteiger partial charge >= 0.3 is 0 Å². The quantitative estimate of drug-likeness (QED) is 0.930. The summed E-state index contributed by atoms with van der Waals surface area (Å²) in [4.78, 5) is 9.58. The molecule has 1 N–H and O–H groups in total. The smallest absolute Gasteiger partial charge is 0.125 e. The highest BCUT2D eigenvalue weighted by atomic mass is 79.9. The van der Waals surface area contributed by atoms with Crippen LogP contribution in [0.25, 0.3) is 0 Å². The Morgan fingerprint density at radius 3 is 2.94 bits per heavy atom. The molecule has 0 fully saturated rings. The number of nitrogens with one attached hydrogen (secondary N) is 1. The van der Waals surface area contributed by atoms with Crippen molar-refractivity contribution < 1.29 is 0 Å². The largest absolute Gasteiger partial charge is 0.306 e. The summed E-state index contributed by atoms with van der Waals surface area (Å²) >= 11 is 10.9. The van der Waals surface area contributed by atoms with E-state index in [1.165, 1.54) is 4.88 Å². The number of thiophene rings is 1. The summed E-state index contributed by atoms with van der Waals surface area (Å²) in [7, 11) is 0. The van der Waals surface area contributed by atoms with E-state index in [1.807, 2.05) is 19.1 Å². The maximum atomic E-state index is 5.97. The lowest BCUT2D eigenvalue weighted by molar-refractivity contribution is 0.681. The first-order valence-corrected chi connectivity index (χ1v) is 7.07. The molecule has 2 rings (SSSR count). The molecular weight excluding hydrogens is 322 g/mol. The molecule has 0 aliphatic carbocycles. The first-order valence-electron chi connectivity index (χ1n) is 5.08. The molecule has 0 bridgehead atoms. The highest BCUT2D eigenvalue weighted by Crippen LogP contribution is 2.31. The number of hydrogen-bond donors (Lipinski definition) is 1. The van der Waals surface area contributed by atoms with Crippen molar-refractivity contribution in [1.29, 1.82) is 0 Å². The van der Waals surface area contributed by atoms with Crippen LogP contribution in [0.1, 0.15) is 16.4 Å². The van der Waals surface area contributed by atoms with Crippen LogP contribution in [0.15, 0.2) is 22.8 Å². The van der Waals surface area contributed by atoms with Gasteiger partial charge in [0.2, 0.25) is 0 Å². The summed E-state index contributed by atoms with van der Waals surface area (Å²) in [5.74, 6) is 0.797. The van der Waals surface area contributed by atoms with Crippen molar-refractivity contribution in [3.8, 4) is 0 Å². The van der Waals surface area contributed by atoms with E-state index in [4.69, 9.17) is 11.6 Å². The highest BCUT2D eigenvalue weighted by molar-refractivity contribution is 9.10. The molecule has 0 amide bonds. The van der Waals surface area contributed by atoms with Crippen LogP contribution in [0.4, 0.5) is 0 Å². The number of aryl methyl sites for hydroxylation is 1. The zero-order valence-corrected chi connectivity index (χ0v) is 12.4. The second-order valence-electron chi connectivity index (χ2n) is 3.53. The molecule has 0 radical (unpaired) electrons. The molecular formula is C11H11BrClN3S. The van der Waals surface area contributed by atoms with Crippen molar-refractivity contribution >= 4 is 38.9 Å². The average Bonchev–Trinajstić information content (AvgIpc) is 2.58. The van der Waals surface area contributed by atoms with Crippen LogP contribution < -0.4 is 5.32 Å². The summed E-state index contributed by atoms with van der Waals surface area (Å²) in [5, 5.41) is 3.33. The summed E-state index contributed by atoms with van der Waals surface area (Å²) < 4.78 is 1.75. The van der Waals surface area contributed by atoms with E-state index < -0.39 is 0 Å². The van der Waals surface area contributed by atoms with Gasteiger partial charge in [-0.1, -0.05) is 11.6 Å². The molecule has 90 valence electrons. The Bertz CT molecular complexity index is 496. The summed E-state index contributed by atoms with van der Waals surface area (Å²) in [6.07, 6.45) is 1.78. The predicted molar refractivity (Wildman–Crippen MR) is 74.3 cm³/mol. The highest BCUT2D eigenvalue weighted by Gasteiger charge is 2.04. The molecule has 0 saturated carbocycles. The van der Waals surface area contributed by atoms with Crippen molar-refractivity contribution in [3.63, 3.8) is 0 Å². The SMILES string of the molecule is Cc1nccc(CNCc2cc(Br)c(Cl)s2)n1. The molecule has 0 spiro atoms. The van der Waals surface area contributed by atoms with Crippen LogP contribution in [0, 0.1) is 6.92 Å². The molecule has 0 unspecified atom stereocenters. The molecule has 3 nitrogen and oxygen atoms in total. The minimum absolute atomic E-state index is 0.733. The van der Waals surface area contributed by atoms with Crippen molar-refractivity contribution in [2.24, 2.45) is 0 Å². The van der Waals surface area contributed by atoms with E-state index in [2.05, 4.69) is 31.2 Å². The van der Waals surface area contributed by atoms with Crippen LogP contribution >= 0.6 is 38.9 Å². The van der Waals surface area contributed by atoms with Crippen LogP contribution in [0.2, 0.25) is 4.34 Å². The van der Waals surface area contributed by atoms with Gasteiger partial charge in [0.25, 0.3) is 0 Å². The van der Waals surface area contributed by atoms with Crippen molar-refractivity contribution in [2.45, 2.75) is 20.0 Å². The van der Waals surface area contributed by atoms with Gasteiger partial charge in [0.15, 0.2) is 0 Å². The average molecular weight is 333 g/mol. The maximum absolute atomic E-state index is 5.97. The predicted octanol–water partition coefficient (Wildman–Crippen LogP) is 3.55. The van der Waals surface area contributed by atoms with Gasteiger partial charge in [0.05, 0.1) is 5.69 Å². The standard InChI is InChI=1S/C11H11BrClN3S/c1-7-15-3-2-8(16-7)5-14-6-9-4-10(12)11(13)17-9/h2-4,14H,5-6H2,1H3. The lowest BCUT2D eigenvalue weighted by Gasteiger charge is -2.02. The molecule has 0 aliphatic heterocycles. The topological polar surface area (TPSA) is 37.8 Å². The fourth-order valence-corrected chi connectivity index (χ4v) is 3.16. The Hall–Kier alpha value is -0.490. The molecule has 0 aliphatic rings. The number of halogens is 2. The van der Waals surface area contributed by atoms with Crippen LogP contribution in [0.5, 0.6) is 0 Å². The second-order valence-corrected chi connectivity index (χ2v) is 6.13. The fraction of sp³-hybridized carbons (Fsp3) is 0.273. The third-order valence-corrected chi connectivity index (χ3v) is 4.61. The first kappa shape index (κ1) is 13.0. The Morgan fingerprint density at radius 1 is 1.47 bits per heavy atom. The Morgan fingerprint density at radius 2 is 2.29 bits per heavy atom. The lowest BCUT2D eigenvalue weighted by Crippen LogP contribution is -2.13. The van der Waals surface area contributed by atoms with Gasteiger partial charge in [-0.2, -0.15) is 0 Å². The first-order chi connectivity index (χ1) is 8.15. The minimum Gasteiger partial charge on any atom is -0.306 e. The Balaban J connectivity index is 1.87. The molecule has 0 atom stereocenters. The monoisotopic (exact) mass is 331 g/mol. The van der Waals surface area contributed by atoms with E-state index in [0.717, 1.165) is 33.4 Å². The van der Waals surface area contributed by atoms with E-state index in [9.17, 15) is 0 Å². The van der Waals surface area contributed by atoms with E-state index in [0.29, 0.717) is 0 Å². The van der Waals surface area contributed by atoms with E-state index in [-0.39, 0.29) is 0 Å². The molecule has 17 heavy (non-hydrogen) atoms.